The molecule has 3 N–H and O–H groups in total. The summed E-state index contributed by atoms with van der Waals surface area (Å²) in [6.45, 7) is 0. The van der Waals surface area contributed by atoms with Crippen molar-refractivity contribution in [3.8, 4) is 0 Å². The summed E-state index contributed by atoms with van der Waals surface area (Å²) < 4.78 is 0. The smallest absolute Gasteiger partial charge is 0.352 e. The van der Waals surface area contributed by atoms with Crippen molar-refractivity contribution < 1.29 is 19.6 Å². The highest BCUT2D eigenvalue weighted by molar-refractivity contribution is 8.01. The Hall–Kier alpha value is -2.04. The predicted octanol–water partition coefficient (Wildman–Crippen LogP) is 1.45. The molecule has 0 spiro atoms. The maximum Gasteiger partial charge on any atom is 0.352 e. The molecular weight excluding hydrogens is 378 g/mol. The lowest BCUT2D eigenvalue weighted by molar-refractivity contribution is -0.384. The molecule has 1 aromatic carbocycles. The molecule has 10 heteroatoms. The minimum Gasteiger partial charge on any atom is -0.477 e. The van der Waals surface area contributed by atoms with E-state index in [2.05, 4.69) is 0 Å². The number of fused-ring (bicyclic) bond motifs is 1. The first-order valence-corrected chi connectivity index (χ1v) is 10.1. The number of hydrogen-bond acceptors (Lipinski definition) is 7. The molecule has 2 unspecified atom stereocenters. The maximum absolute atomic E-state index is 12.0. The molecule has 2 heterocycles. The second kappa shape index (κ2) is 7.29. The van der Waals surface area contributed by atoms with Crippen LogP contribution in [0, 0.1) is 10.1 Å². The molecule has 0 bridgehead atoms. The van der Waals surface area contributed by atoms with Crippen molar-refractivity contribution in [2.75, 3.05) is 12.0 Å². The van der Waals surface area contributed by atoms with Crippen molar-refractivity contribution in [2.45, 2.75) is 23.1 Å². The van der Waals surface area contributed by atoms with Gasteiger partial charge in [0.1, 0.15) is 17.1 Å². The lowest BCUT2D eigenvalue weighted by Crippen LogP contribution is -2.69. The van der Waals surface area contributed by atoms with Crippen molar-refractivity contribution in [1.29, 1.82) is 0 Å². The molecule has 1 aromatic rings. The van der Waals surface area contributed by atoms with E-state index in [9.17, 15) is 24.8 Å². The Bertz CT molecular complexity index is 796. The number of carboxylic acid groups (broad SMARTS) is 1. The van der Waals surface area contributed by atoms with Crippen LogP contribution in [0.3, 0.4) is 0 Å². The fourth-order valence-electron chi connectivity index (χ4n) is 3.12. The summed E-state index contributed by atoms with van der Waals surface area (Å²) in [4.78, 5) is 35.5. The van der Waals surface area contributed by atoms with E-state index >= 15 is 0 Å². The van der Waals surface area contributed by atoms with Gasteiger partial charge in [-0.15, -0.1) is 11.8 Å². The van der Waals surface area contributed by atoms with Crippen LogP contribution in [-0.2, 0) is 16.0 Å². The largest absolute Gasteiger partial charge is 0.477 e. The Morgan fingerprint density at radius 3 is 2.62 bits per heavy atom. The van der Waals surface area contributed by atoms with Crippen molar-refractivity contribution >= 4 is 41.1 Å². The quantitative estimate of drug-likeness (QED) is 0.421. The summed E-state index contributed by atoms with van der Waals surface area (Å²) in [6.07, 6.45) is 2.39. The van der Waals surface area contributed by atoms with Gasteiger partial charge in [-0.1, -0.05) is 12.1 Å². The van der Waals surface area contributed by atoms with Crippen LogP contribution in [0.15, 0.2) is 35.5 Å². The number of non-ortho nitro benzene ring substituents is 1. The molecule has 0 aromatic heterocycles. The SMILES string of the molecule is CSCC1=C(C(=O)O)N2C(=O)C(N)[C@H]2SC1Cc1ccc([N+](=O)[O-])cc1. The minimum absolute atomic E-state index is 0.00828. The Balaban J connectivity index is 1.93. The van der Waals surface area contributed by atoms with Gasteiger partial charge < -0.3 is 10.8 Å². The zero-order valence-electron chi connectivity index (χ0n) is 13.8. The van der Waals surface area contributed by atoms with Gasteiger partial charge in [0.25, 0.3) is 5.69 Å². The number of amides is 1. The van der Waals surface area contributed by atoms with Crippen LogP contribution < -0.4 is 5.73 Å². The lowest BCUT2D eigenvalue weighted by Gasteiger charge is -2.50. The topological polar surface area (TPSA) is 127 Å². The average molecular weight is 395 g/mol. The van der Waals surface area contributed by atoms with E-state index in [0.717, 1.165) is 5.56 Å². The lowest BCUT2D eigenvalue weighted by atomic mass is 9.98. The summed E-state index contributed by atoms with van der Waals surface area (Å²) in [7, 11) is 0. The second-order valence-electron chi connectivity index (χ2n) is 5.99. The molecule has 0 aliphatic carbocycles. The van der Waals surface area contributed by atoms with Gasteiger partial charge in [0.15, 0.2) is 0 Å². The number of carbonyl (C=O) groups is 2. The van der Waals surface area contributed by atoms with E-state index in [4.69, 9.17) is 5.73 Å². The van der Waals surface area contributed by atoms with E-state index < -0.39 is 16.9 Å². The number of nitro benzene ring substituents is 1. The Labute approximate surface area is 157 Å². The molecule has 26 heavy (non-hydrogen) atoms. The van der Waals surface area contributed by atoms with Crippen LogP contribution in [0.25, 0.3) is 0 Å². The molecule has 1 amide bonds. The van der Waals surface area contributed by atoms with Gasteiger partial charge in [-0.05, 0) is 23.8 Å². The molecule has 3 atom stereocenters. The second-order valence-corrected chi connectivity index (χ2v) is 8.18. The number of nitrogens with zero attached hydrogens (tertiary/aromatic N) is 2. The van der Waals surface area contributed by atoms with Crippen LogP contribution in [0.4, 0.5) is 5.69 Å². The van der Waals surface area contributed by atoms with Crippen LogP contribution in [0.5, 0.6) is 0 Å². The Kier molecular flexibility index (Phi) is 5.26. The van der Waals surface area contributed by atoms with Gasteiger partial charge in [0, 0.05) is 23.1 Å². The highest BCUT2D eigenvalue weighted by Crippen LogP contribution is 2.45. The van der Waals surface area contributed by atoms with Gasteiger partial charge in [0.2, 0.25) is 5.91 Å². The predicted molar refractivity (Wildman–Crippen MR) is 99.8 cm³/mol. The summed E-state index contributed by atoms with van der Waals surface area (Å²) in [5.74, 6) is -1.02. The number of hydrogen-bond donors (Lipinski definition) is 2. The van der Waals surface area contributed by atoms with E-state index in [1.54, 1.807) is 12.1 Å². The number of aliphatic carboxylic acids is 1. The average Bonchev–Trinajstić information content (AvgIpc) is 2.62. The molecule has 8 nitrogen and oxygen atoms in total. The van der Waals surface area contributed by atoms with E-state index in [-0.39, 0.29) is 27.9 Å². The highest BCUT2D eigenvalue weighted by atomic mass is 32.2. The van der Waals surface area contributed by atoms with Gasteiger partial charge in [-0.3, -0.25) is 19.8 Å². The van der Waals surface area contributed by atoms with Crippen LogP contribution in [0.2, 0.25) is 0 Å². The van der Waals surface area contributed by atoms with Gasteiger partial charge in [-0.2, -0.15) is 11.8 Å². The molecular formula is C16H17N3O5S2. The van der Waals surface area contributed by atoms with Crippen LogP contribution in [-0.4, -0.2) is 55.5 Å². The Morgan fingerprint density at radius 1 is 1.42 bits per heavy atom. The summed E-state index contributed by atoms with van der Waals surface area (Å²) in [6, 6.07) is 5.51. The number of nitro groups is 1. The van der Waals surface area contributed by atoms with Crippen LogP contribution in [0.1, 0.15) is 5.56 Å². The Morgan fingerprint density at radius 2 is 2.08 bits per heavy atom. The maximum atomic E-state index is 12.0. The molecule has 0 saturated carbocycles. The summed E-state index contributed by atoms with van der Waals surface area (Å²) >= 11 is 2.97. The molecule has 2 aliphatic heterocycles. The summed E-state index contributed by atoms with van der Waals surface area (Å²) in [5, 5.41) is 19.9. The summed E-state index contributed by atoms with van der Waals surface area (Å²) in [5.41, 5.74) is 7.45. The van der Waals surface area contributed by atoms with Crippen molar-refractivity contribution in [3.05, 3.63) is 51.2 Å². The first-order chi connectivity index (χ1) is 12.3. The number of rotatable bonds is 6. The highest BCUT2D eigenvalue weighted by Gasteiger charge is 2.53. The molecule has 2 aliphatic rings. The van der Waals surface area contributed by atoms with Crippen molar-refractivity contribution in [1.82, 2.24) is 4.90 Å². The normalized spacial score (nSPS) is 24.9. The number of β-lactam (4-membered cyclic amide) rings is 1. The third-order valence-corrected chi connectivity index (χ3v) is 6.55. The fourth-order valence-corrected chi connectivity index (χ4v) is 5.48. The zero-order valence-corrected chi connectivity index (χ0v) is 15.5. The van der Waals surface area contributed by atoms with Crippen LogP contribution >= 0.6 is 23.5 Å². The first-order valence-electron chi connectivity index (χ1n) is 7.78. The zero-order chi connectivity index (χ0) is 19.0. The fraction of sp³-hybridized carbons (Fsp3) is 0.375. The van der Waals surface area contributed by atoms with E-state index in [1.165, 1.54) is 40.6 Å². The third-order valence-electron chi connectivity index (χ3n) is 4.39. The van der Waals surface area contributed by atoms with E-state index in [1.807, 2.05) is 6.26 Å². The standard InChI is InChI=1S/C16H17N3O5S2/c1-25-7-10-11(6-8-2-4-9(5-3-8)19(23)24)26-15-12(17)14(20)18(15)13(10)16(21)22/h2-5,11-12,15H,6-7,17H2,1H3,(H,21,22)/t11?,12?,15-/m1/s1. The number of thioether (sulfide) groups is 2. The number of nitrogens with two attached hydrogens (primary N) is 1. The third kappa shape index (κ3) is 3.19. The van der Waals surface area contributed by atoms with E-state index in [0.29, 0.717) is 17.7 Å². The molecule has 138 valence electrons. The number of benzene rings is 1. The monoisotopic (exact) mass is 395 g/mol. The molecule has 3 rings (SSSR count). The van der Waals surface area contributed by atoms with Crippen molar-refractivity contribution in [2.24, 2.45) is 5.73 Å². The number of carbonyl (C=O) groups excluding carboxylic acids is 1. The van der Waals surface area contributed by atoms with Gasteiger partial charge in [-0.25, -0.2) is 4.79 Å². The van der Waals surface area contributed by atoms with Gasteiger partial charge >= 0.3 is 5.97 Å². The number of carboxylic acids is 1. The van der Waals surface area contributed by atoms with Crippen molar-refractivity contribution in [3.63, 3.8) is 0 Å². The molecule has 1 saturated heterocycles. The molecule has 1 fully saturated rings. The first kappa shape index (κ1) is 18.7. The molecule has 0 radical (unpaired) electrons. The minimum atomic E-state index is -1.13. The van der Waals surface area contributed by atoms with Gasteiger partial charge in [0.05, 0.1) is 4.92 Å².